The number of hydrogen-bond acceptors (Lipinski definition) is 16. The zero-order valence-electron chi connectivity index (χ0n) is 34.8. The smallest absolute Gasteiger partial charge is 0.338 e. The number of furan rings is 1. The van der Waals surface area contributed by atoms with Gasteiger partial charge >= 0.3 is 29.9 Å². The number of fused-ring (bicyclic) bond motifs is 5. The number of aliphatic hydroxyl groups is 3. The van der Waals surface area contributed by atoms with Crippen LogP contribution in [-0.2, 0) is 47.6 Å². The van der Waals surface area contributed by atoms with E-state index < -0.39 is 113 Å². The number of benzene rings is 1. The van der Waals surface area contributed by atoms with Crippen LogP contribution < -0.4 is 5.32 Å². The van der Waals surface area contributed by atoms with Crippen LogP contribution >= 0.6 is 0 Å². The number of rotatable bonds is 9. The monoisotopic (exact) mass is 852 g/mol. The number of carbonyl (C=O) groups is 6. The summed E-state index contributed by atoms with van der Waals surface area (Å²) in [6.45, 7) is 8.98. The molecule has 18 heteroatoms. The fraction of sp³-hybridized carbons (Fsp3) is 0.581. The molecule has 0 unspecified atom stereocenters. The molecule has 4 N–H and O–H groups in total. The summed E-state index contributed by atoms with van der Waals surface area (Å²) in [5.41, 5.74) is -7.70. The van der Waals surface area contributed by atoms with Crippen molar-refractivity contribution in [2.45, 2.75) is 108 Å². The maximum Gasteiger partial charge on any atom is 0.338 e. The number of ether oxygens (including phenoxy) is 6. The molecular weight excluding hydrogens is 800 g/mol. The van der Waals surface area contributed by atoms with Crippen LogP contribution in [0.25, 0.3) is 0 Å². The van der Waals surface area contributed by atoms with Crippen LogP contribution in [0.4, 0.5) is 4.79 Å². The van der Waals surface area contributed by atoms with Gasteiger partial charge in [0.25, 0.3) is 0 Å². The predicted octanol–water partition coefficient (Wildman–Crippen LogP) is 1.94. The average molecular weight is 853 g/mol. The van der Waals surface area contributed by atoms with E-state index in [-0.39, 0.29) is 61.8 Å². The molecule has 2 aliphatic heterocycles. The van der Waals surface area contributed by atoms with Crippen molar-refractivity contribution in [3.8, 4) is 0 Å². The first-order valence-corrected chi connectivity index (χ1v) is 20.2. The van der Waals surface area contributed by atoms with E-state index in [1.807, 2.05) is 0 Å². The maximum atomic E-state index is 15.4. The molecule has 4 fully saturated rings. The van der Waals surface area contributed by atoms with Crippen molar-refractivity contribution in [1.29, 1.82) is 0 Å². The quantitative estimate of drug-likeness (QED) is 0.160. The van der Waals surface area contributed by atoms with Gasteiger partial charge in [0.1, 0.15) is 35.7 Å². The number of Topliss-reactive ketones (excluding diaryl/α,β-unsaturated/α-hetero) is 1. The van der Waals surface area contributed by atoms with Crippen LogP contribution in [0, 0.1) is 16.7 Å². The molecule has 2 bridgehead atoms. The highest BCUT2D eigenvalue weighted by atomic mass is 16.6. The Kier molecular flexibility index (Phi) is 11.7. The van der Waals surface area contributed by atoms with Gasteiger partial charge in [-0.15, -0.1) is 0 Å². The number of hydrogen-bond donors (Lipinski definition) is 4. The van der Waals surface area contributed by atoms with Gasteiger partial charge in [-0.05, 0) is 49.3 Å². The second-order valence-electron chi connectivity index (χ2n) is 17.2. The standard InChI is InChI=1S/C43H52N2O16/c1-22-27(59-38(52)32(49)31(26-13-10-16-56-26)44-39(53)45-14-17-55-18-15-45)20-43(54)36(60-37(51)25-11-8-7-9-12-25)34-41(6,28(48)19-29-42(34,21-57-29)61-24(3)47)35(50)33(58-23(2)46)30(22)40(43,4)5/h7-13,16,27-29,31-34,36,48-49,54H,14-15,17-21H2,1-6H3,(H,44,53)/t27-,28-,29+,31-,32+,33+,34-,36-,41+,42-,43+/m0/s1. The van der Waals surface area contributed by atoms with E-state index in [0.29, 0.717) is 0 Å². The van der Waals surface area contributed by atoms with Crippen LogP contribution in [0.3, 0.4) is 0 Å². The third-order valence-electron chi connectivity index (χ3n) is 13.4. The summed E-state index contributed by atoms with van der Waals surface area (Å²) in [6, 6.07) is 8.69. The molecule has 61 heavy (non-hydrogen) atoms. The summed E-state index contributed by atoms with van der Waals surface area (Å²) in [4.78, 5) is 84.6. The third-order valence-corrected chi connectivity index (χ3v) is 13.4. The van der Waals surface area contributed by atoms with Crippen molar-refractivity contribution in [1.82, 2.24) is 10.2 Å². The SMILES string of the molecule is CC(=O)O[C@H]1C(=O)[C@@]2(C)[C@H]([C@H](OC(=O)c3ccccc3)[C@]3(O)C[C@H](OC(=O)[C@H](O)[C@@H](NC(=O)N4CCOCC4)c4ccco4)C(C)=C1C3(C)C)[C@]1(OC(C)=O)CO[C@@H]1C[C@@H]2O. The highest BCUT2D eigenvalue weighted by molar-refractivity contribution is 5.95. The minimum Gasteiger partial charge on any atom is -0.467 e. The van der Waals surface area contributed by atoms with Crippen molar-refractivity contribution >= 4 is 35.7 Å². The minimum atomic E-state index is -2.40. The van der Waals surface area contributed by atoms with E-state index in [1.165, 1.54) is 49.3 Å². The van der Waals surface area contributed by atoms with Crippen molar-refractivity contribution in [2.75, 3.05) is 32.9 Å². The number of ketones is 1. The lowest BCUT2D eigenvalue weighted by molar-refractivity contribution is -0.346. The minimum absolute atomic E-state index is 0.0156. The van der Waals surface area contributed by atoms with Crippen molar-refractivity contribution < 1.29 is 76.9 Å². The Morgan fingerprint density at radius 2 is 1.64 bits per heavy atom. The third kappa shape index (κ3) is 7.30. The Hall–Kier alpha value is -5.14. The van der Waals surface area contributed by atoms with Crippen LogP contribution in [0.1, 0.15) is 76.5 Å². The summed E-state index contributed by atoms with van der Waals surface area (Å²) in [5, 5.41) is 40.0. The first kappa shape index (κ1) is 43.9. The molecule has 330 valence electrons. The van der Waals surface area contributed by atoms with Crippen molar-refractivity contribution in [3.05, 3.63) is 71.2 Å². The molecule has 2 saturated heterocycles. The van der Waals surface area contributed by atoms with Crippen molar-refractivity contribution in [3.63, 3.8) is 0 Å². The van der Waals surface area contributed by atoms with Gasteiger partial charge in [-0.2, -0.15) is 0 Å². The summed E-state index contributed by atoms with van der Waals surface area (Å²) in [6.07, 6.45) is -9.34. The summed E-state index contributed by atoms with van der Waals surface area (Å²) in [5.74, 6) is -6.31. The fourth-order valence-electron chi connectivity index (χ4n) is 10.1. The Labute approximate surface area is 351 Å². The maximum absolute atomic E-state index is 15.4. The molecular formula is C43H52N2O16. The molecule has 18 nitrogen and oxygen atoms in total. The second kappa shape index (κ2) is 16.3. The van der Waals surface area contributed by atoms with Crippen LogP contribution in [-0.4, -0.2) is 137 Å². The predicted molar refractivity (Wildman–Crippen MR) is 207 cm³/mol. The highest BCUT2D eigenvalue weighted by Gasteiger charge is 2.78. The molecule has 3 heterocycles. The van der Waals surface area contributed by atoms with Gasteiger partial charge in [-0.25, -0.2) is 14.4 Å². The molecule has 3 aliphatic carbocycles. The number of nitrogens with zero attached hydrogens (tertiary/aromatic N) is 1. The topological polar surface area (TPSA) is 247 Å². The van der Waals surface area contributed by atoms with Crippen molar-refractivity contribution in [2.24, 2.45) is 16.7 Å². The number of morpholine rings is 1. The zero-order chi connectivity index (χ0) is 44.2. The molecule has 1 aromatic carbocycles. The normalized spacial score (nSPS) is 33.9. The lowest BCUT2D eigenvalue weighted by Crippen LogP contribution is -2.82. The fourth-order valence-corrected chi connectivity index (χ4v) is 10.1. The number of urea groups is 1. The molecule has 1 aromatic heterocycles. The van der Waals surface area contributed by atoms with Gasteiger partial charge in [-0.1, -0.05) is 32.0 Å². The number of aliphatic hydroxyl groups excluding tert-OH is 2. The molecule has 2 saturated carbocycles. The molecule has 0 spiro atoms. The lowest BCUT2D eigenvalue weighted by Gasteiger charge is -2.67. The number of nitrogens with one attached hydrogen (secondary N) is 1. The Bertz CT molecular complexity index is 2080. The summed E-state index contributed by atoms with van der Waals surface area (Å²) >= 11 is 0. The molecule has 7 rings (SSSR count). The molecule has 5 aliphatic rings. The van der Waals surface area contributed by atoms with Gasteiger partial charge < -0.3 is 58.4 Å². The van der Waals surface area contributed by atoms with Gasteiger partial charge in [0.2, 0.25) is 0 Å². The zero-order valence-corrected chi connectivity index (χ0v) is 34.8. The van der Waals surface area contributed by atoms with Crippen LogP contribution in [0.2, 0.25) is 0 Å². The molecule has 0 radical (unpaired) electrons. The van der Waals surface area contributed by atoms with E-state index in [9.17, 15) is 39.3 Å². The van der Waals surface area contributed by atoms with Gasteiger partial charge in [0.15, 0.2) is 23.6 Å². The Balaban J connectivity index is 1.37. The van der Waals surface area contributed by atoms with E-state index >= 15 is 4.79 Å². The van der Waals surface area contributed by atoms with Crippen LogP contribution in [0.5, 0.6) is 0 Å². The highest BCUT2D eigenvalue weighted by Crippen LogP contribution is 2.64. The molecule has 11 atom stereocenters. The van der Waals surface area contributed by atoms with Gasteiger partial charge in [0, 0.05) is 45.2 Å². The largest absolute Gasteiger partial charge is 0.467 e. The first-order chi connectivity index (χ1) is 28.8. The second-order valence-corrected chi connectivity index (χ2v) is 17.2. The lowest BCUT2D eigenvalue weighted by atomic mass is 9.44. The summed E-state index contributed by atoms with van der Waals surface area (Å²) < 4.78 is 41.0. The van der Waals surface area contributed by atoms with Crippen LogP contribution in [0.15, 0.2) is 64.3 Å². The number of carbonyl (C=O) groups excluding carboxylic acids is 6. The average Bonchev–Trinajstić information content (AvgIpc) is 3.76. The molecule has 2 amide bonds. The summed E-state index contributed by atoms with van der Waals surface area (Å²) in [7, 11) is 0. The number of amides is 2. The van der Waals surface area contributed by atoms with E-state index in [0.717, 1.165) is 13.8 Å². The molecule has 2 aromatic rings. The van der Waals surface area contributed by atoms with E-state index in [1.54, 1.807) is 32.0 Å². The Morgan fingerprint density at radius 1 is 0.951 bits per heavy atom. The first-order valence-electron chi connectivity index (χ1n) is 20.2. The van der Waals surface area contributed by atoms with Gasteiger partial charge in [0.05, 0.1) is 49.1 Å². The van der Waals surface area contributed by atoms with E-state index in [2.05, 4.69) is 5.32 Å². The number of esters is 4. The Morgan fingerprint density at radius 3 is 2.23 bits per heavy atom. The van der Waals surface area contributed by atoms with E-state index in [4.69, 9.17) is 32.8 Å². The van der Waals surface area contributed by atoms with Gasteiger partial charge in [-0.3, -0.25) is 14.4 Å².